The number of rotatable bonds is 7. The Labute approximate surface area is 172 Å². The van der Waals surface area contributed by atoms with Crippen LogP contribution in [0.2, 0.25) is 0 Å². The maximum Gasteiger partial charge on any atom is 0.305 e. The van der Waals surface area contributed by atoms with E-state index in [1.807, 2.05) is 24.3 Å². The van der Waals surface area contributed by atoms with Gasteiger partial charge in [0.05, 0.1) is 6.54 Å². The molecule has 1 aromatic heterocycles. The van der Waals surface area contributed by atoms with E-state index in [-0.39, 0.29) is 11.2 Å². The molecule has 0 saturated heterocycles. The summed E-state index contributed by atoms with van der Waals surface area (Å²) >= 11 is 0. The van der Waals surface area contributed by atoms with Crippen molar-refractivity contribution in [1.29, 1.82) is 0 Å². The Balaban J connectivity index is 1.85. The molecule has 156 valence electrons. The summed E-state index contributed by atoms with van der Waals surface area (Å²) in [6.07, 6.45) is 3.07. The van der Waals surface area contributed by atoms with Crippen LogP contribution in [0.25, 0.3) is 6.08 Å². The van der Waals surface area contributed by atoms with E-state index in [0.29, 0.717) is 12.3 Å². The molecule has 6 nitrogen and oxygen atoms in total. The average molecular weight is 398 g/mol. The fourth-order valence-electron chi connectivity index (χ4n) is 2.74. The quantitative estimate of drug-likeness (QED) is 0.549. The van der Waals surface area contributed by atoms with Gasteiger partial charge >= 0.3 is 5.91 Å². The molecule has 0 bridgehead atoms. The molecule has 0 unspecified atom stereocenters. The maximum atomic E-state index is 12.1. The molecule has 0 aliphatic rings. The minimum Gasteiger partial charge on any atom is -0.454 e. The number of amides is 2. The lowest BCUT2D eigenvalue weighted by Gasteiger charge is -2.18. The van der Waals surface area contributed by atoms with Crippen LogP contribution in [0.3, 0.4) is 0 Å². The third kappa shape index (κ3) is 6.91. The van der Waals surface area contributed by atoms with E-state index < -0.39 is 11.8 Å². The molecule has 0 atom stereocenters. The SMILES string of the molecule is CCN(CC)Cc1ccc(C(=O)NNC(=O)/C=C/c2ccc(C(C)(C)C)cc2)o1. The van der Waals surface area contributed by atoms with Crippen LogP contribution in [0.1, 0.15) is 62.1 Å². The summed E-state index contributed by atoms with van der Waals surface area (Å²) in [5.41, 5.74) is 6.95. The number of benzene rings is 1. The van der Waals surface area contributed by atoms with Crippen LogP contribution in [0.4, 0.5) is 0 Å². The molecule has 1 aromatic carbocycles. The van der Waals surface area contributed by atoms with Gasteiger partial charge in [-0.15, -0.1) is 0 Å². The van der Waals surface area contributed by atoms with Gasteiger partial charge in [-0.2, -0.15) is 0 Å². The lowest BCUT2D eigenvalue weighted by atomic mass is 9.87. The van der Waals surface area contributed by atoms with Gasteiger partial charge in [-0.3, -0.25) is 25.3 Å². The standard InChI is InChI=1S/C23H31N3O3/c1-6-26(7-2)16-19-13-14-20(29-19)22(28)25-24-21(27)15-10-17-8-11-18(12-9-17)23(3,4)5/h8-15H,6-7,16H2,1-5H3,(H,24,27)(H,25,28)/b15-10+. The molecule has 0 saturated carbocycles. The Hall–Kier alpha value is -2.86. The number of carbonyl (C=O) groups excluding carboxylic acids is 2. The van der Waals surface area contributed by atoms with E-state index in [4.69, 9.17) is 4.42 Å². The molecule has 0 aliphatic carbocycles. The highest BCUT2D eigenvalue weighted by molar-refractivity contribution is 5.96. The Morgan fingerprint density at radius 3 is 2.24 bits per heavy atom. The Kier molecular flexibility index (Phi) is 7.79. The maximum absolute atomic E-state index is 12.1. The van der Waals surface area contributed by atoms with Crippen molar-refractivity contribution in [3.05, 3.63) is 65.1 Å². The van der Waals surface area contributed by atoms with Gasteiger partial charge in [0, 0.05) is 6.08 Å². The number of hydrogen-bond donors (Lipinski definition) is 2. The monoisotopic (exact) mass is 397 g/mol. The first kappa shape index (κ1) is 22.4. The van der Waals surface area contributed by atoms with Crippen molar-refractivity contribution < 1.29 is 14.0 Å². The second kappa shape index (κ2) is 10.1. The highest BCUT2D eigenvalue weighted by atomic mass is 16.4. The number of hydrazine groups is 1. The van der Waals surface area contributed by atoms with Crippen LogP contribution in [0.15, 0.2) is 46.9 Å². The van der Waals surface area contributed by atoms with Gasteiger partial charge < -0.3 is 4.42 Å². The van der Waals surface area contributed by atoms with Gasteiger partial charge in [0.1, 0.15) is 5.76 Å². The van der Waals surface area contributed by atoms with Crippen molar-refractivity contribution in [3.8, 4) is 0 Å². The van der Waals surface area contributed by atoms with Crippen LogP contribution in [-0.2, 0) is 16.8 Å². The summed E-state index contributed by atoms with van der Waals surface area (Å²) < 4.78 is 5.56. The van der Waals surface area contributed by atoms with Gasteiger partial charge in [-0.25, -0.2) is 0 Å². The van der Waals surface area contributed by atoms with E-state index in [1.165, 1.54) is 11.6 Å². The number of hydrogen-bond acceptors (Lipinski definition) is 4. The Morgan fingerprint density at radius 1 is 1.00 bits per heavy atom. The summed E-state index contributed by atoms with van der Waals surface area (Å²) in [7, 11) is 0. The summed E-state index contributed by atoms with van der Waals surface area (Å²) in [6, 6.07) is 11.4. The molecule has 0 fully saturated rings. The fourth-order valence-corrected chi connectivity index (χ4v) is 2.74. The zero-order valence-electron chi connectivity index (χ0n) is 17.9. The van der Waals surface area contributed by atoms with Crippen LogP contribution < -0.4 is 10.9 Å². The van der Waals surface area contributed by atoms with Crippen molar-refractivity contribution in [2.45, 2.75) is 46.6 Å². The Bertz CT molecular complexity index is 841. The first-order chi connectivity index (χ1) is 13.7. The minimum atomic E-state index is -0.493. The predicted octanol–water partition coefficient (Wildman–Crippen LogP) is 3.89. The van der Waals surface area contributed by atoms with E-state index >= 15 is 0 Å². The summed E-state index contributed by atoms with van der Waals surface area (Å²) in [5.74, 6) is -0.0433. The number of furan rings is 1. The van der Waals surface area contributed by atoms with Crippen LogP contribution in [0.5, 0.6) is 0 Å². The van der Waals surface area contributed by atoms with Crippen molar-refractivity contribution in [2.24, 2.45) is 0 Å². The van der Waals surface area contributed by atoms with Crippen molar-refractivity contribution in [3.63, 3.8) is 0 Å². The second-order valence-electron chi connectivity index (χ2n) is 7.88. The topological polar surface area (TPSA) is 74.6 Å². The number of nitrogens with zero attached hydrogens (tertiary/aromatic N) is 1. The molecule has 2 rings (SSSR count). The van der Waals surface area contributed by atoms with Crippen molar-refractivity contribution in [2.75, 3.05) is 13.1 Å². The van der Waals surface area contributed by atoms with Crippen LogP contribution in [0, 0.1) is 0 Å². The summed E-state index contributed by atoms with van der Waals surface area (Å²) in [5, 5.41) is 0. The van der Waals surface area contributed by atoms with Crippen molar-refractivity contribution >= 4 is 17.9 Å². The first-order valence-electron chi connectivity index (χ1n) is 9.93. The molecule has 0 radical (unpaired) electrons. The van der Waals surface area contributed by atoms with Gasteiger partial charge in [0.15, 0.2) is 5.76 Å². The highest BCUT2D eigenvalue weighted by Gasteiger charge is 2.14. The second-order valence-corrected chi connectivity index (χ2v) is 7.88. The van der Waals surface area contributed by atoms with E-state index in [9.17, 15) is 9.59 Å². The smallest absolute Gasteiger partial charge is 0.305 e. The molecule has 0 aliphatic heterocycles. The van der Waals surface area contributed by atoms with E-state index in [0.717, 1.165) is 18.7 Å². The summed E-state index contributed by atoms with van der Waals surface area (Å²) in [4.78, 5) is 26.3. The number of carbonyl (C=O) groups is 2. The van der Waals surface area contributed by atoms with E-state index in [1.54, 1.807) is 18.2 Å². The normalized spacial score (nSPS) is 11.8. The molecule has 2 N–H and O–H groups in total. The van der Waals surface area contributed by atoms with Gasteiger partial charge in [-0.05, 0) is 47.8 Å². The molecular formula is C23H31N3O3. The third-order valence-corrected chi connectivity index (χ3v) is 4.66. The Morgan fingerprint density at radius 2 is 1.66 bits per heavy atom. The van der Waals surface area contributed by atoms with Crippen molar-refractivity contribution in [1.82, 2.24) is 15.8 Å². The van der Waals surface area contributed by atoms with Crippen LogP contribution in [-0.4, -0.2) is 29.8 Å². The first-order valence-corrected chi connectivity index (χ1v) is 9.93. The molecule has 6 heteroatoms. The van der Waals surface area contributed by atoms with E-state index in [2.05, 4.69) is 50.4 Å². The average Bonchev–Trinajstić information content (AvgIpc) is 3.17. The van der Waals surface area contributed by atoms with Gasteiger partial charge in [-0.1, -0.05) is 58.9 Å². The highest BCUT2D eigenvalue weighted by Crippen LogP contribution is 2.22. The lowest BCUT2D eigenvalue weighted by molar-refractivity contribution is -0.117. The largest absolute Gasteiger partial charge is 0.454 e. The molecule has 2 amide bonds. The van der Waals surface area contributed by atoms with Gasteiger partial charge in [0.2, 0.25) is 0 Å². The molecular weight excluding hydrogens is 366 g/mol. The molecule has 29 heavy (non-hydrogen) atoms. The third-order valence-electron chi connectivity index (χ3n) is 4.66. The minimum absolute atomic E-state index is 0.0843. The zero-order chi connectivity index (χ0) is 21.4. The van der Waals surface area contributed by atoms with Gasteiger partial charge in [0.25, 0.3) is 5.91 Å². The molecule has 0 spiro atoms. The zero-order valence-corrected chi connectivity index (χ0v) is 17.9. The fraction of sp³-hybridized carbons (Fsp3) is 0.391. The predicted molar refractivity (Wildman–Crippen MR) is 115 cm³/mol. The summed E-state index contributed by atoms with van der Waals surface area (Å²) in [6.45, 7) is 13.0. The van der Waals surface area contributed by atoms with Crippen LogP contribution >= 0.6 is 0 Å². The molecule has 2 aromatic rings. The molecule has 1 heterocycles. The lowest BCUT2D eigenvalue weighted by Crippen LogP contribution is -2.40. The number of nitrogens with one attached hydrogen (secondary N) is 2.